The van der Waals surface area contributed by atoms with Gasteiger partial charge >= 0.3 is 5.97 Å². The number of carbonyl (C=O) groups excluding carboxylic acids is 1. The molecule has 0 saturated heterocycles. The number of carboxylic acids is 1. The lowest BCUT2D eigenvalue weighted by molar-refractivity contribution is -0.138. The van der Waals surface area contributed by atoms with Gasteiger partial charge in [0.05, 0.1) is 19.1 Å². The van der Waals surface area contributed by atoms with Crippen molar-refractivity contribution in [3.8, 4) is 0 Å². The molecule has 110 valence electrons. The molecule has 0 aliphatic rings. The van der Waals surface area contributed by atoms with Crippen LogP contribution in [0.2, 0.25) is 0 Å². The summed E-state index contributed by atoms with van der Waals surface area (Å²) in [5, 5.41) is 12.0. The van der Waals surface area contributed by atoms with Crippen LogP contribution in [0.3, 0.4) is 0 Å². The molecule has 1 aromatic heterocycles. The van der Waals surface area contributed by atoms with Crippen molar-refractivity contribution in [3.63, 3.8) is 0 Å². The summed E-state index contributed by atoms with van der Waals surface area (Å²) in [5.41, 5.74) is 1.15. The normalized spacial score (nSPS) is 11.9. The second kappa shape index (κ2) is 7.20. The van der Waals surface area contributed by atoms with E-state index in [1.807, 2.05) is 6.07 Å². The monoisotopic (exact) mass is 431 g/mol. The number of rotatable bonds is 5. The molecule has 0 bridgehead atoms. The minimum atomic E-state index is -0.966. The molecule has 1 amide bonds. The van der Waals surface area contributed by atoms with E-state index in [2.05, 4.69) is 37.2 Å². The molecule has 1 aromatic carbocycles. The van der Waals surface area contributed by atoms with E-state index in [-0.39, 0.29) is 12.5 Å². The summed E-state index contributed by atoms with van der Waals surface area (Å²) in [6, 6.07) is 10.5. The fraction of sp³-hybridized carbons (Fsp3) is 0.143. The predicted molar refractivity (Wildman–Crippen MR) is 88.9 cm³/mol. The van der Waals surface area contributed by atoms with Gasteiger partial charge < -0.3 is 10.4 Å². The van der Waals surface area contributed by atoms with Crippen molar-refractivity contribution >= 4 is 55.1 Å². The minimum Gasteiger partial charge on any atom is -0.481 e. The van der Waals surface area contributed by atoms with E-state index in [1.54, 1.807) is 30.3 Å². The Morgan fingerprint density at radius 3 is 2.43 bits per heavy atom. The number of halogens is 2. The molecule has 0 aliphatic heterocycles. The first-order chi connectivity index (χ1) is 9.99. The third kappa shape index (κ3) is 4.15. The first-order valence-corrected chi connectivity index (χ1v) is 8.40. The Bertz CT molecular complexity index is 657. The minimum absolute atomic E-state index is 0.0398. The molecule has 4 nitrogen and oxygen atoms in total. The zero-order chi connectivity index (χ0) is 15.4. The van der Waals surface area contributed by atoms with Crippen LogP contribution in [0.25, 0.3) is 0 Å². The van der Waals surface area contributed by atoms with Crippen LogP contribution in [0.5, 0.6) is 0 Å². The lowest BCUT2D eigenvalue weighted by Crippen LogP contribution is -2.31. The van der Waals surface area contributed by atoms with Gasteiger partial charge in [-0.3, -0.25) is 9.59 Å². The summed E-state index contributed by atoms with van der Waals surface area (Å²) in [7, 11) is 0. The van der Waals surface area contributed by atoms with Crippen molar-refractivity contribution in [2.24, 2.45) is 0 Å². The Kier molecular flexibility index (Phi) is 5.55. The number of aliphatic carboxylic acids is 1. The predicted octanol–water partition coefficient (Wildman–Crippen LogP) is 3.87. The summed E-state index contributed by atoms with van der Waals surface area (Å²) in [5.74, 6) is -2.03. The van der Waals surface area contributed by atoms with Crippen LogP contribution < -0.4 is 5.32 Å². The second-order valence-electron chi connectivity index (χ2n) is 4.25. The topological polar surface area (TPSA) is 66.4 Å². The molecule has 2 aromatic rings. The van der Waals surface area contributed by atoms with Crippen molar-refractivity contribution in [2.75, 3.05) is 6.54 Å². The van der Waals surface area contributed by atoms with E-state index in [9.17, 15) is 14.7 Å². The van der Waals surface area contributed by atoms with Crippen LogP contribution in [-0.2, 0) is 4.79 Å². The Labute approximate surface area is 142 Å². The van der Waals surface area contributed by atoms with E-state index >= 15 is 0 Å². The summed E-state index contributed by atoms with van der Waals surface area (Å²) in [6.45, 7) is 0.0398. The van der Waals surface area contributed by atoms with Gasteiger partial charge in [-0.2, -0.15) is 0 Å². The number of thiophene rings is 1. The number of amides is 1. The molecule has 0 radical (unpaired) electrons. The number of nitrogens with one attached hydrogen (secondary N) is 1. The van der Waals surface area contributed by atoms with Crippen LogP contribution in [0.1, 0.15) is 21.8 Å². The largest absolute Gasteiger partial charge is 0.481 e. The molecular weight excluding hydrogens is 422 g/mol. The third-order valence-corrected chi connectivity index (χ3v) is 5.21. The Hall–Kier alpha value is -1.18. The smallest absolute Gasteiger partial charge is 0.312 e. The first-order valence-electron chi connectivity index (χ1n) is 6.00. The van der Waals surface area contributed by atoms with Crippen molar-refractivity contribution in [1.82, 2.24) is 5.32 Å². The summed E-state index contributed by atoms with van der Waals surface area (Å²) in [4.78, 5) is 23.4. The van der Waals surface area contributed by atoms with Gasteiger partial charge in [-0.05, 0) is 43.5 Å². The van der Waals surface area contributed by atoms with Crippen LogP contribution in [0, 0.1) is 0 Å². The number of carbonyl (C=O) groups is 2. The van der Waals surface area contributed by atoms with Crippen molar-refractivity contribution in [3.05, 3.63) is 55.1 Å². The van der Waals surface area contributed by atoms with E-state index in [1.165, 1.54) is 11.3 Å². The Morgan fingerprint density at radius 1 is 1.24 bits per heavy atom. The number of hydrogen-bond donors (Lipinski definition) is 2. The standard InChI is InChI=1S/C14H11Br2NO3S/c15-11-6-9(12(16)21-11)13(18)17-7-10(14(19)20)8-4-2-1-3-5-8/h1-6,10H,7H2,(H,17,18)(H,19,20). The number of benzene rings is 1. The van der Waals surface area contributed by atoms with Gasteiger partial charge in [0.1, 0.15) is 0 Å². The molecule has 7 heteroatoms. The second-order valence-corrected chi connectivity index (χ2v) is 8.00. The molecular formula is C14H11Br2NO3S. The van der Waals surface area contributed by atoms with Crippen LogP contribution in [-0.4, -0.2) is 23.5 Å². The fourth-order valence-electron chi connectivity index (χ4n) is 1.82. The summed E-state index contributed by atoms with van der Waals surface area (Å²) < 4.78 is 1.54. The van der Waals surface area contributed by atoms with Crippen molar-refractivity contribution < 1.29 is 14.7 Å². The SMILES string of the molecule is O=C(NCC(C(=O)O)c1ccccc1)c1cc(Br)sc1Br. The fourth-order valence-corrected chi connectivity index (χ4v) is 4.61. The van der Waals surface area contributed by atoms with E-state index in [4.69, 9.17) is 0 Å². The van der Waals surface area contributed by atoms with E-state index in [0.29, 0.717) is 14.9 Å². The lowest BCUT2D eigenvalue weighted by atomic mass is 9.99. The number of carboxylic acid groups (broad SMARTS) is 1. The van der Waals surface area contributed by atoms with E-state index in [0.717, 1.165) is 3.79 Å². The molecule has 1 atom stereocenters. The van der Waals surface area contributed by atoms with Gasteiger partial charge in [-0.25, -0.2) is 0 Å². The highest BCUT2D eigenvalue weighted by atomic mass is 79.9. The molecule has 1 heterocycles. The maximum Gasteiger partial charge on any atom is 0.312 e. The average Bonchev–Trinajstić information content (AvgIpc) is 2.78. The van der Waals surface area contributed by atoms with Gasteiger partial charge in [-0.1, -0.05) is 30.3 Å². The van der Waals surface area contributed by atoms with Gasteiger partial charge in [0.25, 0.3) is 5.91 Å². The Morgan fingerprint density at radius 2 is 1.90 bits per heavy atom. The highest BCUT2D eigenvalue weighted by Gasteiger charge is 2.21. The maximum absolute atomic E-state index is 12.1. The van der Waals surface area contributed by atoms with Gasteiger partial charge in [-0.15, -0.1) is 11.3 Å². The van der Waals surface area contributed by atoms with Crippen LogP contribution >= 0.6 is 43.2 Å². The Balaban J connectivity index is 2.08. The van der Waals surface area contributed by atoms with E-state index < -0.39 is 11.9 Å². The van der Waals surface area contributed by atoms with Gasteiger partial charge in [0.15, 0.2) is 0 Å². The lowest BCUT2D eigenvalue weighted by Gasteiger charge is -2.13. The van der Waals surface area contributed by atoms with Crippen LogP contribution in [0.15, 0.2) is 44.0 Å². The molecule has 21 heavy (non-hydrogen) atoms. The first kappa shape index (κ1) is 16.2. The molecule has 0 fully saturated rings. The molecule has 1 unspecified atom stereocenters. The van der Waals surface area contributed by atoms with Gasteiger partial charge in [0, 0.05) is 6.54 Å². The van der Waals surface area contributed by atoms with Crippen molar-refractivity contribution in [1.29, 1.82) is 0 Å². The summed E-state index contributed by atoms with van der Waals surface area (Å²) in [6.07, 6.45) is 0. The zero-order valence-corrected chi connectivity index (χ0v) is 14.7. The van der Waals surface area contributed by atoms with Crippen molar-refractivity contribution in [2.45, 2.75) is 5.92 Å². The quantitative estimate of drug-likeness (QED) is 0.753. The molecule has 0 spiro atoms. The third-order valence-electron chi connectivity index (χ3n) is 2.87. The highest BCUT2D eigenvalue weighted by Crippen LogP contribution is 2.31. The molecule has 0 aliphatic carbocycles. The zero-order valence-electron chi connectivity index (χ0n) is 10.7. The number of hydrogen-bond acceptors (Lipinski definition) is 3. The average molecular weight is 433 g/mol. The molecule has 0 saturated carbocycles. The van der Waals surface area contributed by atoms with Crippen LogP contribution in [0.4, 0.5) is 0 Å². The van der Waals surface area contributed by atoms with Gasteiger partial charge in [0.2, 0.25) is 0 Å². The molecule has 2 N–H and O–H groups in total. The highest BCUT2D eigenvalue weighted by molar-refractivity contribution is 9.12. The summed E-state index contributed by atoms with van der Waals surface area (Å²) >= 11 is 8.01. The molecule has 2 rings (SSSR count). The maximum atomic E-state index is 12.1.